The van der Waals surface area contributed by atoms with Gasteiger partial charge in [-0.25, -0.2) is 4.98 Å². The van der Waals surface area contributed by atoms with E-state index in [0.717, 1.165) is 16.2 Å². The van der Waals surface area contributed by atoms with Crippen molar-refractivity contribution in [3.05, 3.63) is 40.5 Å². The maximum atomic E-state index is 10.6. The lowest BCUT2D eigenvalue weighted by Gasteiger charge is -2.27. The first-order chi connectivity index (χ1) is 11.5. The van der Waals surface area contributed by atoms with Gasteiger partial charge in [0.1, 0.15) is 11.6 Å². The van der Waals surface area contributed by atoms with Gasteiger partial charge in [-0.05, 0) is 31.7 Å². The number of fused-ring (bicyclic) bond motifs is 1. The van der Waals surface area contributed by atoms with E-state index >= 15 is 0 Å². The zero-order valence-corrected chi connectivity index (χ0v) is 14.6. The molecule has 0 saturated heterocycles. The fourth-order valence-corrected chi connectivity index (χ4v) is 3.90. The number of thiazole rings is 1. The SMILES string of the molecule is COc1ccc(C(c2sc3nc(C)nn3c2O)N(C)CCO)cc1. The monoisotopic (exact) mass is 348 g/mol. The molecule has 0 bridgehead atoms. The van der Waals surface area contributed by atoms with Crippen molar-refractivity contribution in [3.63, 3.8) is 0 Å². The number of methoxy groups -OCH3 is 1. The number of ether oxygens (including phenoxy) is 1. The van der Waals surface area contributed by atoms with Gasteiger partial charge in [0.2, 0.25) is 10.8 Å². The second-order valence-corrected chi connectivity index (χ2v) is 6.53. The van der Waals surface area contributed by atoms with Crippen LogP contribution in [0.4, 0.5) is 0 Å². The van der Waals surface area contributed by atoms with Crippen LogP contribution in [0, 0.1) is 6.92 Å². The Labute approximate surface area is 143 Å². The predicted molar refractivity (Wildman–Crippen MR) is 91.8 cm³/mol. The van der Waals surface area contributed by atoms with Crippen LogP contribution in [0.1, 0.15) is 22.3 Å². The van der Waals surface area contributed by atoms with Crippen LogP contribution >= 0.6 is 11.3 Å². The maximum Gasteiger partial charge on any atom is 0.230 e. The summed E-state index contributed by atoms with van der Waals surface area (Å²) in [7, 11) is 3.53. The minimum atomic E-state index is -0.211. The van der Waals surface area contributed by atoms with Gasteiger partial charge in [0, 0.05) is 6.54 Å². The van der Waals surface area contributed by atoms with E-state index in [9.17, 15) is 10.2 Å². The van der Waals surface area contributed by atoms with E-state index < -0.39 is 0 Å². The quantitative estimate of drug-likeness (QED) is 0.707. The summed E-state index contributed by atoms with van der Waals surface area (Å²) in [5.74, 6) is 1.47. The Balaban J connectivity index is 2.08. The van der Waals surface area contributed by atoms with Gasteiger partial charge in [0.25, 0.3) is 0 Å². The van der Waals surface area contributed by atoms with Crippen molar-refractivity contribution in [3.8, 4) is 11.6 Å². The number of aromatic nitrogens is 3. The summed E-state index contributed by atoms with van der Waals surface area (Å²) in [5, 5.41) is 24.1. The molecule has 0 aliphatic rings. The van der Waals surface area contributed by atoms with E-state index in [1.807, 2.05) is 36.2 Å². The summed E-state index contributed by atoms with van der Waals surface area (Å²) in [4.78, 5) is 7.70. The third kappa shape index (κ3) is 2.95. The largest absolute Gasteiger partial charge is 0.497 e. The fourth-order valence-electron chi connectivity index (χ4n) is 2.71. The van der Waals surface area contributed by atoms with Gasteiger partial charge in [-0.3, -0.25) is 4.90 Å². The van der Waals surface area contributed by atoms with Crippen molar-refractivity contribution in [2.45, 2.75) is 13.0 Å². The molecule has 0 radical (unpaired) electrons. The summed E-state index contributed by atoms with van der Waals surface area (Å²) in [6.07, 6.45) is 0. The Hall–Kier alpha value is -2.16. The first-order valence-corrected chi connectivity index (χ1v) is 8.37. The molecular formula is C16H20N4O3S. The van der Waals surface area contributed by atoms with Crippen molar-refractivity contribution in [1.82, 2.24) is 19.5 Å². The molecule has 1 aromatic carbocycles. The highest BCUT2D eigenvalue weighted by molar-refractivity contribution is 7.17. The molecule has 3 aromatic rings. The Kier molecular flexibility index (Phi) is 4.70. The van der Waals surface area contributed by atoms with Gasteiger partial charge in [-0.15, -0.1) is 5.10 Å². The standard InChI is InChI=1S/C16H20N4O3S/c1-10-17-16-20(18-10)15(22)14(24-16)13(19(2)8-9-21)11-4-6-12(23-3)7-5-11/h4-7,13,21-22H,8-9H2,1-3H3. The highest BCUT2D eigenvalue weighted by Crippen LogP contribution is 2.39. The van der Waals surface area contributed by atoms with Gasteiger partial charge in [0.15, 0.2) is 0 Å². The number of nitrogens with zero attached hydrogens (tertiary/aromatic N) is 4. The highest BCUT2D eigenvalue weighted by Gasteiger charge is 2.27. The molecule has 0 spiro atoms. The number of aryl methyl sites for hydroxylation is 1. The van der Waals surface area contributed by atoms with E-state index in [1.54, 1.807) is 14.0 Å². The number of hydrogen-bond acceptors (Lipinski definition) is 7. The van der Waals surface area contributed by atoms with Gasteiger partial charge < -0.3 is 14.9 Å². The number of rotatable bonds is 6. The summed E-state index contributed by atoms with van der Waals surface area (Å²) >= 11 is 1.40. The molecule has 2 aromatic heterocycles. The van der Waals surface area contributed by atoms with Crippen molar-refractivity contribution in [2.24, 2.45) is 0 Å². The summed E-state index contributed by atoms with van der Waals surface area (Å²) < 4.78 is 6.67. The van der Waals surface area contributed by atoms with Gasteiger partial charge in [0.05, 0.1) is 24.6 Å². The summed E-state index contributed by atoms with van der Waals surface area (Å²) in [5.41, 5.74) is 0.989. The smallest absolute Gasteiger partial charge is 0.230 e. The zero-order chi connectivity index (χ0) is 17.3. The molecule has 24 heavy (non-hydrogen) atoms. The third-order valence-corrected chi connectivity index (χ3v) is 4.95. The molecule has 2 N–H and O–H groups in total. The van der Waals surface area contributed by atoms with Crippen molar-refractivity contribution < 1.29 is 14.9 Å². The second kappa shape index (κ2) is 6.76. The molecule has 128 valence electrons. The minimum absolute atomic E-state index is 0.0315. The van der Waals surface area contributed by atoms with Crippen LogP contribution in [-0.2, 0) is 0 Å². The number of benzene rings is 1. The van der Waals surface area contributed by atoms with E-state index in [0.29, 0.717) is 17.3 Å². The molecule has 0 aliphatic carbocycles. The number of aliphatic hydroxyl groups is 1. The van der Waals surface area contributed by atoms with E-state index in [4.69, 9.17) is 4.74 Å². The molecule has 1 atom stereocenters. The van der Waals surface area contributed by atoms with Crippen LogP contribution < -0.4 is 4.74 Å². The normalized spacial score (nSPS) is 12.9. The lowest BCUT2D eigenvalue weighted by Crippen LogP contribution is -2.28. The number of aliphatic hydroxyl groups excluding tert-OH is 1. The minimum Gasteiger partial charge on any atom is -0.497 e. The van der Waals surface area contributed by atoms with Crippen LogP contribution in [0.5, 0.6) is 11.6 Å². The number of hydrogen-bond donors (Lipinski definition) is 2. The Morgan fingerprint density at radius 2 is 2.04 bits per heavy atom. The van der Waals surface area contributed by atoms with Crippen molar-refractivity contribution in [1.29, 1.82) is 0 Å². The van der Waals surface area contributed by atoms with Gasteiger partial charge >= 0.3 is 0 Å². The number of likely N-dealkylation sites (N-methyl/N-ethyl adjacent to an activating group) is 1. The van der Waals surface area contributed by atoms with Crippen molar-refractivity contribution in [2.75, 3.05) is 27.3 Å². The number of aromatic hydroxyl groups is 1. The fraction of sp³-hybridized carbons (Fsp3) is 0.375. The molecule has 0 saturated carbocycles. The maximum absolute atomic E-state index is 10.6. The average molecular weight is 348 g/mol. The first-order valence-electron chi connectivity index (χ1n) is 7.55. The van der Waals surface area contributed by atoms with Crippen molar-refractivity contribution >= 4 is 16.3 Å². The molecular weight excluding hydrogens is 328 g/mol. The lowest BCUT2D eigenvalue weighted by molar-refractivity contribution is 0.196. The summed E-state index contributed by atoms with van der Waals surface area (Å²) in [6, 6.07) is 7.47. The molecule has 0 amide bonds. The van der Waals surface area contributed by atoms with Crippen LogP contribution in [0.3, 0.4) is 0 Å². The van der Waals surface area contributed by atoms with Crippen LogP contribution in [0.2, 0.25) is 0 Å². The zero-order valence-electron chi connectivity index (χ0n) is 13.8. The van der Waals surface area contributed by atoms with E-state index in [1.165, 1.54) is 15.9 Å². The topological polar surface area (TPSA) is 83.1 Å². The van der Waals surface area contributed by atoms with E-state index in [2.05, 4.69) is 10.1 Å². The summed E-state index contributed by atoms with van der Waals surface area (Å²) in [6.45, 7) is 2.30. The van der Waals surface area contributed by atoms with Gasteiger partial charge in [-0.2, -0.15) is 4.52 Å². The molecule has 8 heteroatoms. The predicted octanol–water partition coefficient (Wildman–Crippen LogP) is 1.83. The second-order valence-electron chi connectivity index (χ2n) is 5.52. The van der Waals surface area contributed by atoms with Crippen LogP contribution in [0.15, 0.2) is 24.3 Å². The molecule has 7 nitrogen and oxygen atoms in total. The Morgan fingerprint density at radius 1 is 1.33 bits per heavy atom. The third-order valence-electron chi connectivity index (χ3n) is 3.88. The van der Waals surface area contributed by atoms with Gasteiger partial charge in [-0.1, -0.05) is 23.5 Å². The molecule has 2 heterocycles. The van der Waals surface area contributed by atoms with Crippen LogP contribution in [0.25, 0.3) is 4.96 Å². The van der Waals surface area contributed by atoms with E-state index in [-0.39, 0.29) is 18.5 Å². The Bertz CT molecular complexity index is 828. The molecule has 0 fully saturated rings. The molecule has 3 rings (SSSR count). The molecule has 1 unspecified atom stereocenters. The molecule has 0 aliphatic heterocycles. The highest BCUT2D eigenvalue weighted by atomic mass is 32.1. The Morgan fingerprint density at radius 3 is 2.62 bits per heavy atom. The lowest BCUT2D eigenvalue weighted by atomic mass is 10.0. The first kappa shape index (κ1) is 16.7. The average Bonchev–Trinajstić information content (AvgIpc) is 3.07. The van der Waals surface area contributed by atoms with Crippen LogP contribution in [-0.4, -0.2) is 57.0 Å².